The molecule has 1 fully saturated rings. The van der Waals surface area contributed by atoms with Crippen LogP contribution >= 0.6 is 0 Å². The van der Waals surface area contributed by atoms with Crippen LogP contribution in [0.4, 0.5) is 5.69 Å². The summed E-state index contributed by atoms with van der Waals surface area (Å²) >= 11 is 0. The molecule has 4 heteroatoms. The largest absolute Gasteiger partial charge is 0.307 e. The first kappa shape index (κ1) is 15.0. The van der Waals surface area contributed by atoms with Gasteiger partial charge in [0.2, 0.25) is 0 Å². The number of hydrogen-bond acceptors (Lipinski definition) is 3. The maximum absolute atomic E-state index is 10.8. The minimum atomic E-state index is -0.332. The molecule has 4 unspecified atom stereocenters. The third kappa shape index (κ3) is 3.18. The summed E-state index contributed by atoms with van der Waals surface area (Å²) in [5, 5.41) is 14.5. The Morgan fingerprint density at radius 2 is 2.20 bits per heavy atom. The second-order valence-corrected chi connectivity index (χ2v) is 5.95. The lowest BCUT2D eigenvalue weighted by Gasteiger charge is -2.25. The monoisotopic (exact) mass is 276 g/mol. The molecule has 1 N–H and O–H groups in total. The highest BCUT2D eigenvalue weighted by atomic mass is 16.6. The Labute approximate surface area is 120 Å². The maximum Gasteiger partial charge on any atom is 0.269 e. The van der Waals surface area contributed by atoms with Crippen molar-refractivity contribution in [3.63, 3.8) is 0 Å². The highest BCUT2D eigenvalue weighted by Crippen LogP contribution is 2.35. The van der Waals surface area contributed by atoms with Crippen LogP contribution in [0.25, 0.3) is 0 Å². The number of nitro groups is 1. The normalized spacial score (nSPS) is 27.4. The number of rotatable bonds is 5. The molecule has 1 aromatic rings. The van der Waals surface area contributed by atoms with Gasteiger partial charge in [-0.2, -0.15) is 0 Å². The number of nitrogens with one attached hydrogen (secondary N) is 1. The van der Waals surface area contributed by atoms with Crippen LogP contribution in [0.3, 0.4) is 0 Å². The van der Waals surface area contributed by atoms with Gasteiger partial charge in [0.25, 0.3) is 5.69 Å². The fourth-order valence-electron chi connectivity index (χ4n) is 3.38. The van der Waals surface area contributed by atoms with Crippen LogP contribution in [0.2, 0.25) is 0 Å². The van der Waals surface area contributed by atoms with Crippen LogP contribution < -0.4 is 5.32 Å². The van der Waals surface area contributed by atoms with Crippen LogP contribution in [0, 0.1) is 22.0 Å². The Hall–Kier alpha value is -1.42. The zero-order valence-electron chi connectivity index (χ0n) is 12.5. The highest BCUT2D eigenvalue weighted by Gasteiger charge is 2.32. The third-order valence-corrected chi connectivity index (χ3v) is 4.80. The predicted octanol–water partition coefficient (Wildman–Crippen LogP) is 4.07. The van der Waals surface area contributed by atoms with E-state index in [0.717, 1.165) is 11.5 Å². The van der Waals surface area contributed by atoms with Crippen molar-refractivity contribution in [3.05, 3.63) is 39.9 Å². The number of hydrogen-bond donors (Lipinski definition) is 1. The molecule has 0 bridgehead atoms. The smallest absolute Gasteiger partial charge is 0.269 e. The van der Waals surface area contributed by atoms with Crippen molar-refractivity contribution in [2.75, 3.05) is 0 Å². The van der Waals surface area contributed by atoms with Crippen LogP contribution in [0.15, 0.2) is 24.3 Å². The van der Waals surface area contributed by atoms with E-state index in [1.165, 1.54) is 19.3 Å². The van der Waals surface area contributed by atoms with Crippen molar-refractivity contribution in [1.82, 2.24) is 5.32 Å². The third-order valence-electron chi connectivity index (χ3n) is 4.80. The quantitative estimate of drug-likeness (QED) is 0.651. The van der Waals surface area contributed by atoms with E-state index in [1.807, 2.05) is 6.07 Å². The van der Waals surface area contributed by atoms with E-state index in [-0.39, 0.29) is 16.7 Å². The average Bonchev–Trinajstić information content (AvgIpc) is 2.79. The van der Waals surface area contributed by atoms with Gasteiger partial charge >= 0.3 is 0 Å². The number of nitro benzene ring substituents is 1. The van der Waals surface area contributed by atoms with Gasteiger partial charge < -0.3 is 5.32 Å². The Kier molecular flexibility index (Phi) is 4.76. The topological polar surface area (TPSA) is 55.2 Å². The molecule has 110 valence electrons. The molecule has 0 radical (unpaired) electrons. The Balaban J connectivity index is 2.03. The van der Waals surface area contributed by atoms with E-state index in [1.54, 1.807) is 18.2 Å². The summed E-state index contributed by atoms with van der Waals surface area (Å²) in [4.78, 5) is 10.5. The fraction of sp³-hybridized carbons (Fsp3) is 0.625. The van der Waals surface area contributed by atoms with Gasteiger partial charge in [-0.1, -0.05) is 32.4 Å². The summed E-state index contributed by atoms with van der Waals surface area (Å²) in [5.41, 5.74) is 1.16. The summed E-state index contributed by atoms with van der Waals surface area (Å²) in [5.74, 6) is 1.49. The molecule has 0 saturated heterocycles. The van der Waals surface area contributed by atoms with Crippen molar-refractivity contribution in [2.24, 2.45) is 11.8 Å². The first-order chi connectivity index (χ1) is 9.52. The van der Waals surface area contributed by atoms with Crippen LogP contribution in [0.5, 0.6) is 0 Å². The van der Waals surface area contributed by atoms with Crippen molar-refractivity contribution >= 4 is 5.69 Å². The van der Waals surface area contributed by atoms with E-state index < -0.39 is 0 Å². The summed E-state index contributed by atoms with van der Waals surface area (Å²) in [6, 6.07) is 7.61. The van der Waals surface area contributed by atoms with Gasteiger partial charge in [0, 0.05) is 24.2 Å². The Bertz CT molecular complexity index is 475. The van der Waals surface area contributed by atoms with Crippen LogP contribution in [0.1, 0.15) is 51.6 Å². The average molecular weight is 276 g/mol. The van der Waals surface area contributed by atoms with E-state index >= 15 is 0 Å². The highest BCUT2D eigenvalue weighted by molar-refractivity contribution is 5.35. The molecule has 1 aliphatic rings. The van der Waals surface area contributed by atoms with E-state index in [2.05, 4.69) is 26.1 Å². The first-order valence-electron chi connectivity index (χ1n) is 7.53. The molecule has 4 atom stereocenters. The minimum Gasteiger partial charge on any atom is -0.307 e. The SMILES string of the molecule is CCC1CCC(NC(C)c2cccc([N+](=O)[O-])c2)C1C. The lowest BCUT2D eigenvalue weighted by Crippen LogP contribution is -2.34. The molecule has 1 saturated carbocycles. The second-order valence-electron chi connectivity index (χ2n) is 5.95. The Morgan fingerprint density at radius 3 is 2.80 bits per heavy atom. The summed E-state index contributed by atoms with van der Waals surface area (Å²) in [6.45, 7) is 6.66. The second kappa shape index (κ2) is 6.35. The van der Waals surface area contributed by atoms with Crippen molar-refractivity contribution < 1.29 is 4.92 Å². The fourth-order valence-corrected chi connectivity index (χ4v) is 3.38. The molecule has 20 heavy (non-hydrogen) atoms. The molecule has 1 aliphatic carbocycles. The van der Waals surface area contributed by atoms with Crippen LogP contribution in [-0.2, 0) is 0 Å². The van der Waals surface area contributed by atoms with Gasteiger partial charge in [0.15, 0.2) is 0 Å². The van der Waals surface area contributed by atoms with E-state index in [9.17, 15) is 10.1 Å². The van der Waals surface area contributed by atoms with Gasteiger partial charge in [0.1, 0.15) is 0 Å². The first-order valence-corrected chi connectivity index (χ1v) is 7.53. The lowest BCUT2D eigenvalue weighted by atomic mass is 9.93. The number of nitrogens with zero attached hydrogens (tertiary/aromatic N) is 1. The van der Waals surface area contributed by atoms with Crippen LogP contribution in [-0.4, -0.2) is 11.0 Å². The van der Waals surface area contributed by atoms with Crippen molar-refractivity contribution in [3.8, 4) is 0 Å². The molecule has 0 aliphatic heterocycles. The molecule has 2 rings (SSSR count). The van der Waals surface area contributed by atoms with Crippen molar-refractivity contribution in [2.45, 2.75) is 52.1 Å². The molecule has 0 amide bonds. The van der Waals surface area contributed by atoms with Crippen molar-refractivity contribution in [1.29, 1.82) is 0 Å². The summed E-state index contributed by atoms with van der Waals surface area (Å²) < 4.78 is 0. The van der Waals surface area contributed by atoms with Gasteiger partial charge in [-0.25, -0.2) is 0 Å². The number of non-ortho nitro benzene ring substituents is 1. The standard InChI is InChI=1S/C16H24N2O2/c1-4-13-8-9-16(11(13)2)17-12(3)14-6-5-7-15(10-14)18(19)20/h5-7,10-13,16-17H,4,8-9H2,1-3H3. The lowest BCUT2D eigenvalue weighted by molar-refractivity contribution is -0.384. The zero-order valence-corrected chi connectivity index (χ0v) is 12.5. The summed E-state index contributed by atoms with van der Waals surface area (Å²) in [6.07, 6.45) is 3.74. The number of benzene rings is 1. The van der Waals surface area contributed by atoms with E-state index in [4.69, 9.17) is 0 Å². The molecule has 1 aromatic carbocycles. The zero-order chi connectivity index (χ0) is 14.7. The molecular weight excluding hydrogens is 252 g/mol. The minimum absolute atomic E-state index is 0.151. The Morgan fingerprint density at radius 1 is 1.45 bits per heavy atom. The van der Waals surface area contributed by atoms with E-state index in [0.29, 0.717) is 12.0 Å². The van der Waals surface area contributed by atoms with Gasteiger partial charge in [-0.15, -0.1) is 0 Å². The summed E-state index contributed by atoms with van der Waals surface area (Å²) in [7, 11) is 0. The molecule has 0 heterocycles. The molecule has 4 nitrogen and oxygen atoms in total. The van der Waals surface area contributed by atoms with Gasteiger partial charge in [-0.05, 0) is 37.2 Å². The molecular formula is C16H24N2O2. The predicted molar refractivity (Wildman–Crippen MR) is 80.6 cm³/mol. The molecule has 0 spiro atoms. The molecule has 0 aromatic heterocycles. The van der Waals surface area contributed by atoms with Gasteiger partial charge in [0.05, 0.1) is 4.92 Å². The van der Waals surface area contributed by atoms with Gasteiger partial charge in [-0.3, -0.25) is 10.1 Å². The maximum atomic E-state index is 10.8.